The van der Waals surface area contributed by atoms with Crippen molar-refractivity contribution >= 4 is 11.3 Å². The number of aromatic nitrogens is 2. The largest absolute Gasteiger partial charge is 0.378 e. The first-order valence-electron chi connectivity index (χ1n) is 5.53. The number of nitrogens with one attached hydrogen (secondary N) is 1. The minimum atomic E-state index is -0.164. The molecule has 92 valence electrons. The van der Waals surface area contributed by atoms with E-state index in [4.69, 9.17) is 4.74 Å². The van der Waals surface area contributed by atoms with Gasteiger partial charge in [-0.25, -0.2) is 0 Å². The zero-order valence-corrected chi connectivity index (χ0v) is 11.5. The van der Waals surface area contributed by atoms with Gasteiger partial charge in [0.1, 0.15) is 10.0 Å². The van der Waals surface area contributed by atoms with Crippen LogP contribution in [0.15, 0.2) is 0 Å². The van der Waals surface area contributed by atoms with Gasteiger partial charge in [0.25, 0.3) is 0 Å². The molecule has 0 saturated heterocycles. The Hall–Kier alpha value is -0.520. The monoisotopic (exact) mass is 243 g/mol. The molecular weight excluding hydrogens is 222 g/mol. The van der Waals surface area contributed by atoms with Gasteiger partial charge in [0.05, 0.1) is 5.60 Å². The molecule has 5 heteroatoms. The average molecular weight is 243 g/mol. The van der Waals surface area contributed by atoms with Crippen LogP contribution in [0.3, 0.4) is 0 Å². The first kappa shape index (κ1) is 13.5. The molecule has 0 aliphatic heterocycles. The quantitative estimate of drug-likeness (QED) is 0.830. The summed E-state index contributed by atoms with van der Waals surface area (Å²) in [5.74, 6) is 0. The minimum absolute atomic E-state index is 0.164. The van der Waals surface area contributed by atoms with Crippen LogP contribution in [0.4, 0.5) is 0 Å². The van der Waals surface area contributed by atoms with Gasteiger partial charge in [-0.15, -0.1) is 21.5 Å². The summed E-state index contributed by atoms with van der Waals surface area (Å²) in [5, 5.41) is 13.7. The van der Waals surface area contributed by atoms with Crippen molar-refractivity contribution in [2.24, 2.45) is 0 Å². The lowest BCUT2D eigenvalue weighted by Crippen LogP contribution is -2.25. The second-order valence-electron chi connectivity index (χ2n) is 4.77. The number of methoxy groups -OCH3 is 1. The van der Waals surface area contributed by atoms with Crippen LogP contribution in [0.25, 0.3) is 0 Å². The van der Waals surface area contributed by atoms with Gasteiger partial charge in [-0.05, 0) is 13.8 Å². The molecule has 1 aromatic heterocycles. The van der Waals surface area contributed by atoms with E-state index < -0.39 is 0 Å². The van der Waals surface area contributed by atoms with E-state index in [1.54, 1.807) is 18.4 Å². The molecule has 0 amide bonds. The van der Waals surface area contributed by atoms with E-state index in [0.717, 1.165) is 23.0 Å². The number of hydrogen-bond acceptors (Lipinski definition) is 5. The van der Waals surface area contributed by atoms with E-state index in [0.29, 0.717) is 6.04 Å². The zero-order chi connectivity index (χ0) is 12.2. The first-order valence-corrected chi connectivity index (χ1v) is 6.34. The van der Waals surface area contributed by atoms with E-state index in [2.05, 4.69) is 43.2 Å². The van der Waals surface area contributed by atoms with Crippen molar-refractivity contribution in [1.29, 1.82) is 0 Å². The highest BCUT2D eigenvalue weighted by Gasteiger charge is 2.19. The van der Waals surface area contributed by atoms with Crippen molar-refractivity contribution in [1.82, 2.24) is 15.5 Å². The van der Waals surface area contributed by atoms with Gasteiger partial charge in [-0.1, -0.05) is 13.8 Å². The van der Waals surface area contributed by atoms with Gasteiger partial charge in [0.15, 0.2) is 0 Å². The molecule has 0 atom stereocenters. The molecule has 1 rings (SSSR count). The molecule has 0 unspecified atom stereocenters. The maximum Gasteiger partial charge on any atom is 0.131 e. The van der Waals surface area contributed by atoms with Gasteiger partial charge < -0.3 is 10.1 Å². The van der Waals surface area contributed by atoms with E-state index in [-0.39, 0.29) is 5.60 Å². The average Bonchev–Trinajstić information content (AvgIpc) is 2.62. The van der Waals surface area contributed by atoms with Crippen LogP contribution < -0.4 is 5.32 Å². The second-order valence-corrected chi connectivity index (χ2v) is 5.91. The summed E-state index contributed by atoms with van der Waals surface area (Å²) < 4.78 is 5.37. The van der Waals surface area contributed by atoms with Crippen molar-refractivity contribution in [3.63, 3.8) is 0 Å². The standard InChI is InChI=1S/C11H21N3OS/c1-8(2)12-7-10-14-13-9(16-10)6-11(3,4)15-5/h8,12H,6-7H2,1-5H3. The molecule has 4 nitrogen and oxygen atoms in total. The molecule has 1 N–H and O–H groups in total. The van der Waals surface area contributed by atoms with Gasteiger partial charge in [-0.3, -0.25) is 0 Å². The van der Waals surface area contributed by atoms with E-state index in [1.807, 2.05) is 0 Å². The Labute approximate surface area is 101 Å². The van der Waals surface area contributed by atoms with E-state index in [1.165, 1.54) is 0 Å². The maximum atomic E-state index is 5.37. The second kappa shape index (κ2) is 5.70. The van der Waals surface area contributed by atoms with Crippen molar-refractivity contribution in [2.45, 2.75) is 52.3 Å². The predicted octanol–water partition coefficient (Wildman–Crippen LogP) is 2.00. The summed E-state index contributed by atoms with van der Waals surface area (Å²) in [4.78, 5) is 0. The first-order chi connectivity index (χ1) is 7.43. The lowest BCUT2D eigenvalue weighted by atomic mass is 10.1. The lowest BCUT2D eigenvalue weighted by Gasteiger charge is -2.20. The van der Waals surface area contributed by atoms with Crippen molar-refractivity contribution in [3.8, 4) is 0 Å². The van der Waals surface area contributed by atoms with Gasteiger partial charge in [-0.2, -0.15) is 0 Å². The topological polar surface area (TPSA) is 47.0 Å². The molecule has 1 aromatic rings. The Balaban J connectivity index is 2.51. The summed E-state index contributed by atoms with van der Waals surface area (Å²) in [6.07, 6.45) is 0.808. The number of hydrogen-bond donors (Lipinski definition) is 1. The molecule has 0 bridgehead atoms. The van der Waals surface area contributed by atoms with Gasteiger partial charge >= 0.3 is 0 Å². The molecule has 0 aromatic carbocycles. The van der Waals surface area contributed by atoms with Crippen LogP contribution in [0.2, 0.25) is 0 Å². The van der Waals surface area contributed by atoms with Crippen LogP contribution in [0.1, 0.15) is 37.7 Å². The summed E-state index contributed by atoms with van der Waals surface area (Å²) in [6, 6.07) is 0.475. The van der Waals surface area contributed by atoms with Crippen LogP contribution in [0, 0.1) is 0 Å². The Morgan fingerprint density at radius 3 is 2.50 bits per heavy atom. The van der Waals surface area contributed by atoms with Gasteiger partial charge in [0.2, 0.25) is 0 Å². The van der Waals surface area contributed by atoms with Crippen molar-refractivity contribution in [2.75, 3.05) is 7.11 Å². The third-order valence-corrected chi connectivity index (χ3v) is 3.22. The smallest absolute Gasteiger partial charge is 0.131 e. The minimum Gasteiger partial charge on any atom is -0.378 e. The molecule has 1 heterocycles. The highest BCUT2D eigenvalue weighted by molar-refractivity contribution is 7.11. The molecule has 0 spiro atoms. The van der Waals surface area contributed by atoms with E-state index in [9.17, 15) is 0 Å². The lowest BCUT2D eigenvalue weighted by molar-refractivity contribution is 0.0230. The summed E-state index contributed by atoms with van der Waals surface area (Å²) in [7, 11) is 1.72. The molecule has 16 heavy (non-hydrogen) atoms. The van der Waals surface area contributed by atoms with Crippen LogP contribution in [-0.4, -0.2) is 29.0 Å². The Kier molecular flexibility index (Phi) is 4.83. The Morgan fingerprint density at radius 2 is 1.94 bits per heavy atom. The Bertz CT molecular complexity index is 323. The third-order valence-electron chi connectivity index (χ3n) is 2.30. The number of ether oxygens (including phenoxy) is 1. The van der Waals surface area contributed by atoms with Crippen molar-refractivity contribution in [3.05, 3.63) is 10.0 Å². The predicted molar refractivity (Wildman–Crippen MR) is 66.7 cm³/mol. The number of nitrogens with zero attached hydrogens (tertiary/aromatic N) is 2. The third kappa shape index (κ3) is 4.55. The van der Waals surface area contributed by atoms with Crippen LogP contribution in [-0.2, 0) is 17.7 Å². The SMILES string of the molecule is COC(C)(C)Cc1nnc(CNC(C)C)s1. The van der Waals surface area contributed by atoms with Crippen LogP contribution >= 0.6 is 11.3 Å². The maximum absolute atomic E-state index is 5.37. The van der Waals surface area contributed by atoms with Crippen LogP contribution in [0.5, 0.6) is 0 Å². The molecule has 0 saturated carbocycles. The molecule has 0 radical (unpaired) electrons. The summed E-state index contributed by atoms with van der Waals surface area (Å²) in [5.41, 5.74) is -0.164. The number of rotatable bonds is 6. The fourth-order valence-corrected chi connectivity index (χ4v) is 2.17. The van der Waals surface area contributed by atoms with Gasteiger partial charge in [0, 0.05) is 26.1 Å². The Morgan fingerprint density at radius 1 is 1.31 bits per heavy atom. The fourth-order valence-electron chi connectivity index (χ4n) is 1.16. The summed E-state index contributed by atoms with van der Waals surface area (Å²) in [6.45, 7) is 9.15. The normalized spacial score (nSPS) is 12.4. The zero-order valence-electron chi connectivity index (χ0n) is 10.7. The summed E-state index contributed by atoms with van der Waals surface area (Å²) >= 11 is 1.65. The molecule has 0 aliphatic carbocycles. The fraction of sp³-hybridized carbons (Fsp3) is 0.818. The molecular formula is C11H21N3OS. The van der Waals surface area contributed by atoms with E-state index >= 15 is 0 Å². The molecule has 0 aliphatic rings. The van der Waals surface area contributed by atoms with Crippen molar-refractivity contribution < 1.29 is 4.74 Å². The highest BCUT2D eigenvalue weighted by atomic mass is 32.1. The highest BCUT2D eigenvalue weighted by Crippen LogP contribution is 2.19. The molecule has 0 fully saturated rings.